The summed E-state index contributed by atoms with van der Waals surface area (Å²) in [5.41, 5.74) is 0.111. The summed E-state index contributed by atoms with van der Waals surface area (Å²) in [4.78, 5) is 11.1. The largest absolute Gasteiger partial charge is 0.478 e. The maximum absolute atomic E-state index is 12.6. The molecule has 5 nitrogen and oxygen atoms in total. The van der Waals surface area contributed by atoms with E-state index in [0.29, 0.717) is 13.0 Å². The first-order chi connectivity index (χ1) is 9.34. The molecule has 7 heteroatoms. The van der Waals surface area contributed by atoms with Crippen molar-refractivity contribution in [1.29, 1.82) is 0 Å². The van der Waals surface area contributed by atoms with Crippen LogP contribution in [0.15, 0.2) is 29.2 Å². The summed E-state index contributed by atoms with van der Waals surface area (Å²) in [6, 6.07) is 2.56. The molecule has 0 unspecified atom stereocenters. The van der Waals surface area contributed by atoms with Gasteiger partial charge in [-0.05, 0) is 31.0 Å². The number of sulfonamides is 1. The molecule has 1 heterocycles. The van der Waals surface area contributed by atoms with Crippen molar-refractivity contribution in [3.05, 3.63) is 40.4 Å². The fourth-order valence-electron chi connectivity index (χ4n) is 2.12. The van der Waals surface area contributed by atoms with Gasteiger partial charge in [0.1, 0.15) is 0 Å². The van der Waals surface area contributed by atoms with E-state index in [-0.39, 0.29) is 27.6 Å². The number of carboxylic acids is 1. The van der Waals surface area contributed by atoms with Crippen molar-refractivity contribution in [1.82, 2.24) is 4.31 Å². The average molecular weight is 316 g/mol. The maximum atomic E-state index is 12.6. The van der Waals surface area contributed by atoms with Crippen LogP contribution in [0.1, 0.15) is 22.3 Å². The van der Waals surface area contributed by atoms with E-state index in [1.165, 1.54) is 23.4 Å². The fraction of sp³-hybridized carbons (Fsp3) is 0.308. The highest BCUT2D eigenvalue weighted by atomic mass is 35.5. The summed E-state index contributed by atoms with van der Waals surface area (Å²) in [5.74, 6) is -1.19. The summed E-state index contributed by atoms with van der Waals surface area (Å²) in [7, 11) is -3.74. The third-order valence-electron chi connectivity index (χ3n) is 3.19. The Morgan fingerprint density at radius 3 is 2.60 bits per heavy atom. The molecule has 0 fully saturated rings. The predicted molar refractivity (Wildman–Crippen MR) is 75.7 cm³/mol. The normalized spacial score (nSPS) is 16.3. The molecule has 0 amide bonds. The van der Waals surface area contributed by atoms with Gasteiger partial charge in [0.25, 0.3) is 0 Å². The molecular formula is C13H14ClNO4S. The number of hydrogen-bond acceptors (Lipinski definition) is 3. The Kier molecular flexibility index (Phi) is 4.17. The van der Waals surface area contributed by atoms with Crippen LogP contribution >= 0.6 is 11.6 Å². The van der Waals surface area contributed by atoms with Crippen LogP contribution in [0.5, 0.6) is 0 Å². The SMILES string of the molecule is Cc1c(C(=O)O)cc(Cl)cc1S(=O)(=O)N1CC=CCC1. The standard InChI is InChI=1S/C13H14ClNO4S/c1-9-11(13(16)17)7-10(14)8-12(9)20(18,19)15-5-3-2-4-6-15/h2-3,7-8H,4-6H2,1H3,(H,16,17). The summed E-state index contributed by atoms with van der Waals surface area (Å²) in [5, 5.41) is 9.21. The van der Waals surface area contributed by atoms with Crippen LogP contribution in [0.2, 0.25) is 5.02 Å². The number of hydrogen-bond donors (Lipinski definition) is 1. The summed E-state index contributed by atoms with van der Waals surface area (Å²) in [6.07, 6.45) is 4.34. The van der Waals surface area contributed by atoms with Crippen LogP contribution in [-0.2, 0) is 10.0 Å². The van der Waals surface area contributed by atoms with Gasteiger partial charge in [0, 0.05) is 18.1 Å². The van der Waals surface area contributed by atoms with Crippen molar-refractivity contribution in [2.75, 3.05) is 13.1 Å². The molecule has 0 bridgehead atoms. The van der Waals surface area contributed by atoms with Gasteiger partial charge < -0.3 is 5.11 Å². The van der Waals surface area contributed by atoms with Gasteiger partial charge >= 0.3 is 5.97 Å². The Hall–Kier alpha value is -1.37. The number of halogens is 1. The number of aromatic carboxylic acids is 1. The van der Waals surface area contributed by atoms with E-state index in [1.54, 1.807) is 6.08 Å². The molecule has 2 rings (SSSR count). The molecule has 0 aliphatic carbocycles. The molecule has 0 aromatic heterocycles. The zero-order chi connectivity index (χ0) is 14.9. The van der Waals surface area contributed by atoms with Gasteiger partial charge in [-0.3, -0.25) is 0 Å². The van der Waals surface area contributed by atoms with Gasteiger partial charge in [-0.1, -0.05) is 23.8 Å². The van der Waals surface area contributed by atoms with E-state index in [2.05, 4.69) is 0 Å². The molecule has 1 aromatic carbocycles. The highest BCUT2D eigenvalue weighted by Crippen LogP contribution is 2.27. The van der Waals surface area contributed by atoms with Gasteiger partial charge in [-0.2, -0.15) is 4.31 Å². The number of carbonyl (C=O) groups is 1. The van der Waals surface area contributed by atoms with Gasteiger partial charge in [-0.15, -0.1) is 0 Å². The van der Waals surface area contributed by atoms with Crippen molar-refractivity contribution in [2.45, 2.75) is 18.2 Å². The summed E-state index contributed by atoms with van der Waals surface area (Å²) >= 11 is 5.85. The van der Waals surface area contributed by atoms with Crippen LogP contribution < -0.4 is 0 Å². The van der Waals surface area contributed by atoms with E-state index in [0.717, 1.165) is 0 Å². The average Bonchev–Trinajstić information content (AvgIpc) is 2.41. The minimum absolute atomic E-state index is 0.0438. The number of rotatable bonds is 3. The lowest BCUT2D eigenvalue weighted by Crippen LogP contribution is -2.34. The molecular weight excluding hydrogens is 302 g/mol. The molecule has 1 N–H and O–H groups in total. The highest BCUT2D eigenvalue weighted by Gasteiger charge is 2.28. The Bertz CT molecular complexity index is 682. The van der Waals surface area contributed by atoms with Gasteiger partial charge in [0.2, 0.25) is 10.0 Å². The van der Waals surface area contributed by atoms with Crippen LogP contribution in [-0.4, -0.2) is 36.9 Å². The monoisotopic (exact) mass is 315 g/mol. The second-order valence-electron chi connectivity index (χ2n) is 4.50. The van der Waals surface area contributed by atoms with Crippen molar-refractivity contribution in [3.63, 3.8) is 0 Å². The smallest absolute Gasteiger partial charge is 0.336 e. The van der Waals surface area contributed by atoms with Crippen molar-refractivity contribution >= 4 is 27.6 Å². The zero-order valence-electron chi connectivity index (χ0n) is 10.8. The molecule has 1 aromatic rings. The summed E-state index contributed by atoms with van der Waals surface area (Å²) < 4.78 is 26.5. The lowest BCUT2D eigenvalue weighted by atomic mass is 10.1. The first-order valence-electron chi connectivity index (χ1n) is 6.02. The first kappa shape index (κ1) is 15.0. The minimum Gasteiger partial charge on any atom is -0.478 e. The van der Waals surface area contributed by atoms with E-state index < -0.39 is 16.0 Å². The van der Waals surface area contributed by atoms with Crippen LogP contribution in [0.25, 0.3) is 0 Å². The Labute approximate surface area is 122 Å². The van der Waals surface area contributed by atoms with Gasteiger partial charge in [0.05, 0.1) is 10.5 Å². The second kappa shape index (κ2) is 5.55. The first-order valence-corrected chi connectivity index (χ1v) is 7.84. The van der Waals surface area contributed by atoms with Gasteiger partial charge in [-0.25, -0.2) is 13.2 Å². The summed E-state index contributed by atoms with van der Waals surface area (Å²) in [6.45, 7) is 2.15. The molecule has 0 saturated carbocycles. The minimum atomic E-state index is -3.74. The van der Waals surface area contributed by atoms with E-state index >= 15 is 0 Å². The molecule has 1 aliphatic heterocycles. The quantitative estimate of drug-likeness (QED) is 0.868. The molecule has 0 radical (unpaired) electrons. The van der Waals surface area contributed by atoms with Crippen LogP contribution in [0, 0.1) is 6.92 Å². The molecule has 108 valence electrons. The fourth-order valence-corrected chi connectivity index (χ4v) is 4.08. The Morgan fingerprint density at radius 1 is 1.35 bits per heavy atom. The van der Waals surface area contributed by atoms with Crippen LogP contribution in [0.3, 0.4) is 0 Å². The number of nitrogens with zero attached hydrogens (tertiary/aromatic N) is 1. The second-order valence-corrected chi connectivity index (χ2v) is 6.85. The van der Waals surface area contributed by atoms with Crippen molar-refractivity contribution in [3.8, 4) is 0 Å². The molecule has 0 spiro atoms. The van der Waals surface area contributed by atoms with Gasteiger partial charge in [0.15, 0.2) is 0 Å². The lowest BCUT2D eigenvalue weighted by Gasteiger charge is -2.24. The lowest BCUT2D eigenvalue weighted by molar-refractivity contribution is 0.0696. The molecule has 20 heavy (non-hydrogen) atoms. The third kappa shape index (κ3) is 2.72. The molecule has 0 saturated heterocycles. The number of carboxylic acid groups (broad SMARTS) is 1. The predicted octanol–water partition coefficient (Wildman–Crippen LogP) is 2.30. The topological polar surface area (TPSA) is 74.7 Å². The van der Waals surface area contributed by atoms with E-state index in [4.69, 9.17) is 16.7 Å². The molecule has 1 aliphatic rings. The highest BCUT2D eigenvalue weighted by molar-refractivity contribution is 7.89. The van der Waals surface area contributed by atoms with Crippen molar-refractivity contribution in [2.24, 2.45) is 0 Å². The van der Waals surface area contributed by atoms with E-state index in [1.807, 2.05) is 6.08 Å². The maximum Gasteiger partial charge on any atom is 0.336 e. The van der Waals surface area contributed by atoms with Crippen molar-refractivity contribution < 1.29 is 18.3 Å². The Balaban J connectivity index is 2.57. The van der Waals surface area contributed by atoms with E-state index in [9.17, 15) is 13.2 Å². The number of benzene rings is 1. The Morgan fingerprint density at radius 2 is 2.05 bits per heavy atom. The zero-order valence-corrected chi connectivity index (χ0v) is 12.4. The molecule has 0 atom stereocenters. The van der Waals surface area contributed by atoms with Crippen LogP contribution in [0.4, 0.5) is 0 Å². The third-order valence-corrected chi connectivity index (χ3v) is 5.40.